The van der Waals surface area contributed by atoms with Crippen molar-refractivity contribution < 1.29 is 24.2 Å². The lowest BCUT2D eigenvalue weighted by Gasteiger charge is -2.15. The molecule has 3 N–H and O–H groups in total. The van der Waals surface area contributed by atoms with Crippen molar-refractivity contribution in [3.05, 3.63) is 89.5 Å². The molecule has 3 aromatic rings. The van der Waals surface area contributed by atoms with Crippen molar-refractivity contribution in [2.45, 2.75) is 25.7 Å². The molecular formula is C28H28N2O5. The minimum atomic E-state index is -0.844. The summed E-state index contributed by atoms with van der Waals surface area (Å²) in [7, 11) is 0. The number of amides is 2. The second-order valence-electron chi connectivity index (χ2n) is 8.67. The Morgan fingerprint density at radius 2 is 1.60 bits per heavy atom. The average Bonchev–Trinajstić information content (AvgIpc) is 3.19. The van der Waals surface area contributed by atoms with Crippen LogP contribution in [0.4, 0.5) is 10.5 Å². The van der Waals surface area contributed by atoms with Crippen molar-refractivity contribution in [3.63, 3.8) is 0 Å². The van der Waals surface area contributed by atoms with Crippen LogP contribution in [0.2, 0.25) is 0 Å². The number of carbonyl (C=O) groups excluding carboxylic acids is 2. The Labute approximate surface area is 204 Å². The molecule has 4 rings (SSSR count). The molecule has 1 aliphatic carbocycles. The van der Waals surface area contributed by atoms with E-state index < -0.39 is 18.0 Å². The molecule has 0 saturated heterocycles. The zero-order valence-electron chi connectivity index (χ0n) is 19.5. The molecule has 7 nitrogen and oxygen atoms in total. The molecule has 2 amide bonds. The van der Waals surface area contributed by atoms with Crippen LogP contribution in [-0.2, 0) is 9.53 Å². The molecule has 0 bridgehead atoms. The van der Waals surface area contributed by atoms with E-state index in [1.807, 2.05) is 24.3 Å². The van der Waals surface area contributed by atoms with Crippen molar-refractivity contribution in [2.24, 2.45) is 5.92 Å². The lowest BCUT2D eigenvalue weighted by atomic mass is 9.98. The van der Waals surface area contributed by atoms with Crippen LogP contribution < -0.4 is 10.6 Å². The Hall–Kier alpha value is -4.13. The molecule has 0 heterocycles. The molecule has 1 atom stereocenters. The zero-order chi connectivity index (χ0) is 24.8. The largest absolute Gasteiger partial charge is 0.481 e. The first-order valence-corrected chi connectivity index (χ1v) is 11.7. The van der Waals surface area contributed by atoms with Crippen LogP contribution in [0.5, 0.6) is 0 Å². The fourth-order valence-electron chi connectivity index (χ4n) is 4.33. The molecule has 0 radical (unpaired) electrons. The third kappa shape index (κ3) is 5.69. The minimum Gasteiger partial charge on any atom is -0.481 e. The molecule has 1 aliphatic rings. The summed E-state index contributed by atoms with van der Waals surface area (Å²) in [6, 6.07) is 22.9. The molecule has 0 aromatic heterocycles. The van der Waals surface area contributed by atoms with Gasteiger partial charge < -0.3 is 15.2 Å². The molecular weight excluding hydrogens is 444 g/mol. The summed E-state index contributed by atoms with van der Waals surface area (Å²) in [6.07, 6.45) is 0.461. The lowest BCUT2D eigenvalue weighted by Crippen LogP contribution is -2.25. The second-order valence-corrected chi connectivity index (χ2v) is 8.67. The van der Waals surface area contributed by atoms with Crippen molar-refractivity contribution in [1.82, 2.24) is 5.32 Å². The number of anilines is 1. The summed E-state index contributed by atoms with van der Waals surface area (Å²) in [5.41, 5.74) is 5.44. The van der Waals surface area contributed by atoms with Gasteiger partial charge in [-0.3, -0.25) is 14.9 Å². The lowest BCUT2D eigenvalue weighted by molar-refractivity contribution is -0.141. The first kappa shape index (κ1) is 24.0. The van der Waals surface area contributed by atoms with Crippen LogP contribution >= 0.6 is 0 Å². The maximum atomic E-state index is 12.5. The zero-order valence-corrected chi connectivity index (χ0v) is 19.5. The number of hydrogen-bond donors (Lipinski definition) is 3. The number of carboxylic acids is 1. The van der Waals surface area contributed by atoms with Crippen LogP contribution in [0.3, 0.4) is 0 Å². The summed E-state index contributed by atoms with van der Waals surface area (Å²) in [4.78, 5) is 35.8. The minimum absolute atomic E-state index is 0.0332. The Bertz CT molecular complexity index is 1190. The number of rotatable bonds is 9. The normalized spacial score (nSPS) is 12.8. The summed E-state index contributed by atoms with van der Waals surface area (Å²) < 4.78 is 5.57. The summed E-state index contributed by atoms with van der Waals surface area (Å²) >= 11 is 0. The number of benzene rings is 3. The average molecular weight is 473 g/mol. The smallest absolute Gasteiger partial charge is 0.411 e. The first-order valence-electron chi connectivity index (χ1n) is 11.7. The number of fused-ring (bicyclic) bond motifs is 3. The molecule has 0 fully saturated rings. The highest BCUT2D eigenvalue weighted by molar-refractivity contribution is 5.96. The van der Waals surface area contributed by atoms with Gasteiger partial charge in [0.2, 0.25) is 0 Å². The van der Waals surface area contributed by atoms with Crippen molar-refractivity contribution in [3.8, 4) is 11.1 Å². The van der Waals surface area contributed by atoms with Gasteiger partial charge in [0.05, 0.1) is 5.92 Å². The molecule has 1 unspecified atom stereocenters. The topological polar surface area (TPSA) is 105 Å². The monoisotopic (exact) mass is 472 g/mol. The van der Waals surface area contributed by atoms with Gasteiger partial charge in [0.15, 0.2) is 0 Å². The molecule has 7 heteroatoms. The Balaban J connectivity index is 1.31. The maximum Gasteiger partial charge on any atom is 0.411 e. The number of aliphatic carboxylic acids is 1. The fraction of sp³-hybridized carbons (Fsp3) is 0.250. The van der Waals surface area contributed by atoms with Gasteiger partial charge in [0.1, 0.15) is 6.61 Å². The van der Waals surface area contributed by atoms with Crippen molar-refractivity contribution in [1.29, 1.82) is 0 Å². The molecule has 0 spiro atoms. The van der Waals surface area contributed by atoms with Gasteiger partial charge in [0.25, 0.3) is 5.91 Å². The number of nitrogens with one attached hydrogen (secondary N) is 2. The predicted molar refractivity (Wildman–Crippen MR) is 134 cm³/mol. The Morgan fingerprint density at radius 3 is 2.26 bits per heavy atom. The van der Waals surface area contributed by atoms with Crippen LogP contribution in [-0.4, -0.2) is 36.2 Å². The van der Waals surface area contributed by atoms with Gasteiger partial charge >= 0.3 is 12.1 Å². The van der Waals surface area contributed by atoms with Gasteiger partial charge in [0, 0.05) is 23.7 Å². The van der Waals surface area contributed by atoms with Crippen LogP contribution in [0, 0.1) is 5.92 Å². The van der Waals surface area contributed by atoms with Gasteiger partial charge in [-0.2, -0.15) is 0 Å². The van der Waals surface area contributed by atoms with Crippen molar-refractivity contribution >= 4 is 23.7 Å². The SMILES string of the molecule is CC(CCCNC(=O)c1cccc(NC(=O)OCC2c3ccccc3-c3ccccc32)c1)C(=O)O. The Kier molecular flexibility index (Phi) is 7.45. The predicted octanol–water partition coefficient (Wildman–Crippen LogP) is 5.28. The summed E-state index contributed by atoms with van der Waals surface area (Å²) in [5, 5.41) is 14.4. The number of carbonyl (C=O) groups is 3. The standard InChI is InChI=1S/C28H28N2O5/c1-18(27(32)33)8-7-15-29-26(31)19-9-6-10-20(16-19)30-28(34)35-17-25-23-13-4-2-11-21(23)22-12-3-5-14-24(22)25/h2-6,9-14,16,18,25H,7-8,15,17H2,1H3,(H,29,31)(H,30,34)(H,32,33). The van der Waals surface area contributed by atoms with E-state index in [1.54, 1.807) is 31.2 Å². The highest BCUT2D eigenvalue weighted by Crippen LogP contribution is 2.44. The number of ether oxygens (including phenoxy) is 1. The van der Waals surface area contributed by atoms with Crippen molar-refractivity contribution in [2.75, 3.05) is 18.5 Å². The van der Waals surface area contributed by atoms with Crippen LogP contribution in [0.25, 0.3) is 11.1 Å². The quantitative estimate of drug-likeness (QED) is 0.368. The maximum absolute atomic E-state index is 12.5. The van der Waals surface area contributed by atoms with E-state index in [0.717, 1.165) is 22.3 Å². The summed E-state index contributed by atoms with van der Waals surface area (Å²) in [5.74, 6) is -1.61. The fourth-order valence-corrected chi connectivity index (χ4v) is 4.33. The van der Waals surface area contributed by atoms with E-state index >= 15 is 0 Å². The highest BCUT2D eigenvalue weighted by atomic mass is 16.5. The second kappa shape index (κ2) is 10.9. The molecule has 3 aromatic carbocycles. The van der Waals surface area contributed by atoms with E-state index in [4.69, 9.17) is 9.84 Å². The number of carboxylic acid groups (broad SMARTS) is 1. The van der Waals surface area contributed by atoms with Gasteiger partial charge in [-0.05, 0) is 53.3 Å². The third-order valence-electron chi connectivity index (χ3n) is 6.24. The Morgan fingerprint density at radius 1 is 0.943 bits per heavy atom. The molecule has 35 heavy (non-hydrogen) atoms. The van der Waals surface area contributed by atoms with E-state index in [2.05, 4.69) is 34.9 Å². The van der Waals surface area contributed by atoms with E-state index in [9.17, 15) is 14.4 Å². The van der Waals surface area contributed by atoms with E-state index in [1.165, 1.54) is 0 Å². The van der Waals surface area contributed by atoms with Gasteiger partial charge in [-0.25, -0.2) is 4.79 Å². The van der Waals surface area contributed by atoms with Crippen LogP contribution in [0.15, 0.2) is 72.8 Å². The molecule has 0 saturated carbocycles. The van der Waals surface area contributed by atoms with E-state index in [0.29, 0.717) is 30.6 Å². The molecule has 0 aliphatic heterocycles. The number of hydrogen-bond acceptors (Lipinski definition) is 4. The van der Waals surface area contributed by atoms with Crippen LogP contribution in [0.1, 0.15) is 47.2 Å². The first-order chi connectivity index (χ1) is 16.9. The van der Waals surface area contributed by atoms with E-state index in [-0.39, 0.29) is 18.4 Å². The molecule has 180 valence electrons. The highest BCUT2D eigenvalue weighted by Gasteiger charge is 2.29. The van der Waals surface area contributed by atoms with Gasteiger partial charge in [-0.1, -0.05) is 61.5 Å². The summed E-state index contributed by atoms with van der Waals surface area (Å²) in [6.45, 7) is 2.22. The third-order valence-corrected chi connectivity index (χ3v) is 6.24. The van der Waals surface area contributed by atoms with Gasteiger partial charge in [-0.15, -0.1) is 0 Å².